The fraction of sp³-hybridized carbons (Fsp3) is 0.531. The van der Waals surface area contributed by atoms with Crippen LogP contribution in [0.1, 0.15) is 63.0 Å². The maximum atomic E-state index is 12.2. The Hall–Kier alpha value is -2.44. The summed E-state index contributed by atoms with van der Waals surface area (Å²) in [4.78, 5) is 27.0. The van der Waals surface area contributed by atoms with Crippen LogP contribution in [0.15, 0.2) is 54.7 Å². The minimum atomic E-state index is -2.61. The van der Waals surface area contributed by atoms with Crippen LogP contribution in [-0.4, -0.2) is 59.0 Å². The number of para-hydroxylation sites is 1. The molecule has 0 bridgehead atoms. The van der Waals surface area contributed by atoms with Gasteiger partial charge >= 0.3 is 5.97 Å². The largest absolute Gasteiger partial charge is 0.494 e. The molecule has 1 fully saturated rings. The van der Waals surface area contributed by atoms with Gasteiger partial charge in [-0.1, -0.05) is 43.7 Å². The van der Waals surface area contributed by atoms with Gasteiger partial charge in [0.25, 0.3) is 0 Å². The van der Waals surface area contributed by atoms with Crippen molar-refractivity contribution in [2.45, 2.75) is 70.8 Å². The molecule has 2 atom stereocenters. The molecule has 1 aliphatic heterocycles. The van der Waals surface area contributed by atoms with Gasteiger partial charge in [-0.05, 0) is 93.3 Å². The molecular weight excluding hydrogens is 521 g/mol. The summed E-state index contributed by atoms with van der Waals surface area (Å²) in [6.07, 6.45) is 12.1. The highest BCUT2D eigenvalue weighted by atomic mass is 31.2. The highest BCUT2D eigenvalue weighted by molar-refractivity contribution is 7.68. The topological polar surface area (TPSA) is 107 Å². The Labute approximate surface area is 239 Å². The second kappa shape index (κ2) is 15.5. The summed E-state index contributed by atoms with van der Waals surface area (Å²) in [5.74, 6) is 0.742. The number of unbranched alkanes of at least 4 members (excludes halogenated alkanes) is 1. The summed E-state index contributed by atoms with van der Waals surface area (Å²) in [6.45, 7) is 5.04. The first-order valence-electron chi connectivity index (χ1n) is 15.0. The Morgan fingerprint density at radius 2 is 1.85 bits per heavy atom. The molecular formula is C32H47N3O4P+. The van der Waals surface area contributed by atoms with Crippen LogP contribution in [0.4, 0.5) is 0 Å². The zero-order valence-electron chi connectivity index (χ0n) is 23.9. The highest BCUT2D eigenvalue weighted by Crippen LogP contribution is 2.52. The predicted octanol–water partition coefficient (Wildman–Crippen LogP) is 6.18. The number of carbonyl (C=O) groups is 1. The zero-order valence-corrected chi connectivity index (χ0v) is 24.8. The second-order valence-corrected chi connectivity index (χ2v) is 14.2. The Balaban J connectivity index is 1.24. The lowest BCUT2D eigenvalue weighted by molar-refractivity contribution is -0.139. The van der Waals surface area contributed by atoms with Gasteiger partial charge in [0.05, 0.1) is 6.61 Å². The summed E-state index contributed by atoms with van der Waals surface area (Å²) in [7, 11) is -2.61. The number of aromatic amines is 1. The third kappa shape index (κ3) is 9.31. The maximum absolute atomic E-state index is 12.2. The minimum absolute atomic E-state index is 0.320. The molecule has 1 aliphatic rings. The normalized spacial score (nSPS) is 16.6. The van der Waals surface area contributed by atoms with E-state index in [0.717, 1.165) is 61.5 Å². The maximum Gasteiger partial charge on any atom is 0.324 e. The van der Waals surface area contributed by atoms with Crippen LogP contribution < -0.4 is 15.1 Å². The number of aromatic nitrogens is 1. The lowest BCUT2D eigenvalue weighted by atomic mass is 9.93. The molecule has 1 unspecified atom stereocenters. The summed E-state index contributed by atoms with van der Waals surface area (Å²) >= 11 is 0. The molecule has 4 rings (SSSR count). The fourth-order valence-corrected chi connectivity index (χ4v) is 8.50. The average Bonchev–Trinajstić information content (AvgIpc) is 3.37. The van der Waals surface area contributed by atoms with E-state index in [4.69, 9.17) is 4.74 Å². The number of carboxylic acids is 1. The van der Waals surface area contributed by atoms with Gasteiger partial charge in [-0.15, -0.1) is 0 Å². The number of rotatable bonds is 17. The van der Waals surface area contributed by atoms with Crippen molar-refractivity contribution in [3.8, 4) is 5.75 Å². The van der Waals surface area contributed by atoms with Crippen molar-refractivity contribution in [1.29, 1.82) is 0 Å². The summed E-state index contributed by atoms with van der Waals surface area (Å²) in [6, 6.07) is 15.1. The molecule has 2 heterocycles. The quantitative estimate of drug-likeness (QED) is 0.0983. The van der Waals surface area contributed by atoms with Gasteiger partial charge in [0.2, 0.25) is 7.64 Å². The van der Waals surface area contributed by atoms with Crippen LogP contribution in [0.25, 0.3) is 10.9 Å². The Morgan fingerprint density at radius 1 is 1.07 bits per heavy atom. The van der Waals surface area contributed by atoms with E-state index in [1.807, 2.05) is 49.5 Å². The molecule has 0 amide bonds. The van der Waals surface area contributed by atoms with E-state index in [1.54, 1.807) is 0 Å². The van der Waals surface area contributed by atoms with E-state index in [2.05, 4.69) is 27.5 Å². The monoisotopic (exact) mass is 568 g/mol. The van der Waals surface area contributed by atoms with Crippen LogP contribution in [-0.2, 0) is 17.6 Å². The van der Waals surface area contributed by atoms with E-state index < -0.39 is 19.7 Å². The first-order valence-corrected chi connectivity index (χ1v) is 17.1. The number of hydrogen-bond donors (Lipinski definition) is 5. The highest BCUT2D eigenvalue weighted by Gasteiger charge is 2.39. The molecule has 1 aromatic heterocycles. The number of hydrogen-bond acceptors (Lipinski definition) is 5. The van der Waals surface area contributed by atoms with Crippen molar-refractivity contribution >= 4 is 24.5 Å². The van der Waals surface area contributed by atoms with Crippen LogP contribution in [0.2, 0.25) is 0 Å². The number of carboxylic acid groups (broad SMARTS) is 1. The molecule has 2 aromatic carbocycles. The number of nitrogens with one attached hydrogen (secondary N) is 3. The molecule has 5 N–H and O–H groups in total. The number of H-pyrrole nitrogens is 1. The first-order chi connectivity index (χ1) is 19.5. The summed E-state index contributed by atoms with van der Waals surface area (Å²) in [5.41, 5.74) is 3.27. The Bertz CT molecular complexity index is 1180. The SMILES string of the molecule is CCC[P+](O)(CCCc1c[nH]c2ccccc12)N[C@@H](Cc1ccc(OCCCCC2CCNCC2)cc1)C(=O)O. The van der Waals surface area contributed by atoms with Crippen molar-refractivity contribution in [3.63, 3.8) is 0 Å². The van der Waals surface area contributed by atoms with Crippen molar-refractivity contribution < 1.29 is 19.5 Å². The van der Waals surface area contributed by atoms with Crippen LogP contribution in [0.5, 0.6) is 5.75 Å². The van der Waals surface area contributed by atoms with Crippen molar-refractivity contribution in [2.24, 2.45) is 5.92 Å². The molecule has 8 heteroatoms. The van der Waals surface area contributed by atoms with Gasteiger partial charge in [-0.2, -0.15) is 5.09 Å². The second-order valence-electron chi connectivity index (χ2n) is 11.2. The number of piperidine rings is 1. The molecule has 218 valence electrons. The molecule has 3 aromatic rings. The van der Waals surface area contributed by atoms with Gasteiger partial charge in [-0.25, -0.2) is 4.89 Å². The van der Waals surface area contributed by atoms with Crippen LogP contribution in [0, 0.1) is 5.92 Å². The van der Waals surface area contributed by atoms with Crippen molar-refractivity contribution in [1.82, 2.24) is 15.4 Å². The summed E-state index contributed by atoms with van der Waals surface area (Å²) in [5, 5.41) is 17.8. The number of benzene rings is 2. The van der Waals surface area contributed by atoms with Gasteiger partial charge in [0, 0.05) is 23.5 Å². The predicted molar refractivity (Wildman–Crippen MR) is 165 cm³/mol. The molecule has 0 aliphatic carbocycles. The number of aliphatic carboxylic acids is 1. The molecule has 7 nitrogen and oxygen atoms in total. The fourth-order valence-electron chi connectivity index (χ4n) is 5.81. The van der Waals surface area contributed by atoms with Crippen LogP contribution >= 0.6 is 7.64 Å². The van der Waals surface area contributed by atoms with E-state index in [-0.39, 0.29) is 0 Å². The number of ether oxygens (including phenoxy) is 1. The lowest BCUT2D eigenvalue weighted by Gasteiger charge is -2.24. The van der Waals surface area contributed by atoms with Gasteiger partial charge < -0.3 is 20.1 Å². The Kier molecular flexibility index (Phi) is 11.8. The molecule has 40 heavy (non-hydrogen) atoms. The van der Waals surface area contributed by atoms with Crippen molar-refractivity contribution in [3.05, 3.63) is 65.9 Å². The van der Waals surface area contributed by atoms with Gasteiger partial charge in [0.1, 0.15) is 24.1 Å². The number of fused-ring (bicyclic) bond motifs is 1. The smallest absolute Gasteiger partial charge is 0.324 e. The van der Waals surface area contributed by atoms with E-state index in [9.17, 15) is 14.8 Å². The Morgan fingerprint density at radius 3 is 2.60 bits per heavy atom. The standard InChI is InChI=1S/C32H46N3O4P/c1-2-21-40(38,22-7-9-27-24-34-30-11-4-3-10-29(27)30)35-31(32(36)37)23-26-12-14-28(15-13-26)39-20-6-5-8-25-16-18-33-19-17-25/h3-4,10-15,24-25,31,33-35,38H,2,5-9,16-23H2,1H3/p+1/t31-,40?/m0/s1. The van der Waals surface area contributed by atoms with Crippen LogP contribution in [0.3, 0.4) is 0 Å². The molecule has 0 spiro atoms. The minimum Gasteiger partial charge on any atom is -0.494 e. The van der Waals surface area contributed by atoms with E-state index in [1.165, 1.54) is 36.6 Å². The van der Waals surface area contributed by atoms with Crippen molar-refractivity contribution in [2.75, 3.05) is 32.0 Å². The lowest BCUT2D eigenvalue weighted by Crippen LogP contribution is -2.39. The third-order valence-corrected chi connectivity index (χ3v) is 11.1. The molecule has 1 saturated heterocycles. The van der Waals surface area contributed by atoms with E-state index in [0.29, 0.717) is 25.4 Å². The number of aryl methyl sites for hydroxylation is 1. The molecule has 0 radical (unpaired) electrons. The van der Waals surface area contributed by atoms with Gasteiger partial charge in [-0.3, -0.25) is 4.79 Å². The molecule has 0 saturated carbocycles. The van der Waals surface area contributed by atoms with Gasteiger partial charge in [0.15, 0.2) is 0 Å². The summed E-state index contributed by atoms with van der Waals surface area (Å²) < 4.78 is 5.94. The zero-order chi connectivity index (χ0) is 28.2. The third-order valence-electron chi connectivity index (χ3n) is 8.03. The first kappa shape index (κ1) is 30.5. The van der Waals surface area contributed by atoms with E-state index >= 15 is 0 Å². The average molecular weight is 569 g/mol.